The number of hydrogen-bond acceptors (Lipinski definition) is 5. The molecule has 0 radical (unpaired) electrons. The fourth-order valence-corrected chi connectivity index (χ4v) is 1.72. The van der Waals surface area contributed by atoms with Crippen LogP contribution < -0.4 is 5.73 Å². The highest BCUT2D eigenvalue weighted by atomic mass is 16.4. The molecule has 0 unspecified atom stereocenters. The van der Waals surface area contributed by atoms with Gasteiger partial charge in [-0.1, -0.05) is 0 Å². The molecule has 17 heavy (non-hydrogen) atoms. The first-order valence-electron chi connectivity index (χ1n) is 4.80. The molecule has 0 spiro atoms. The van der Waals surface area contributed by atoms with Gasteiger partial charge >= 0.3 is 5.97 Å². The van der Waals surface area contributed by atoms with Gasteiger partial charge in [-0.25, -0.2) is 9.31 Å². The van der Waals surface area contributed by atoms with Crippen molar-refractivity contribution in [3.8, 4) is 0 Å². The maximum atomic E-state index is 10.9. The zero-order valence-corrected chi connectivity index (χ0v) is 8.53. The average Bonchev–Trinajstić information content (AvgIpc) is 2.77. The Bertz CT molecular complexity index is 749. The Morgan fingerprint density at radius 2 is 2.12 bits per heavy atom. The lowest BCUT2D eigenvalue weighted by atomic mass is 10.1. The summed E-state index contributed by atoms with van der Waals surface area (Å²) in [5, 5.41) is 20.9. The zero-order valence-electron chi connectivity index (χ0n) is 8.53. The van der Waals surface area contributed by atoms with Gasteiger partial charge in [-0.2, -0.15) is 5.10 Å². The third-order valence-electron chi connectivity index (χ3n) is 2.53. The van der Waals surface area contributed by atoms with Crippen LogP contribution in [0.1, 0.15) is 10.4 Å². The molecule has 0 aliphatic heterocycles. The minimum Gasteiger partial charge on any atom is -0.478 e. The maximum Gasteiger partial charge on any atom is 0.337 e. The Balaban J connectivity index is 2.48. The number of nitrogens with two attached hydrogens (primary N) is 1. The molecule has 0 atom stereocenters. The van der Waals surface area contributed by atoms with Gasteiger partial charge in [0.25, 0.3) is 0 Å². The molecule has 3 rings (SSSR count). The number of rotatable bonds is 1. The third kappa shape index (κ3) is 1.22. The van der Waals surface area contributed by atoms with Crippen LogP contribution >= 0.6 is 0 Å². The topological polar surface area (TPSA) is 106 Å². The van der Waals surface area contributed by atoms with Crippen LogP contribution in [-0.2, 0) is 0 Å². The third-order valence-corrected chi connectivity index (χ3v) is 2.53. The predicted octanol–water partition coefficient (Wildman–Crippen LogP) is 0.558. The number of carboxylic acids is 1. The molecule has 0 saturated carbocycles. The molecule has 0 bridgehead atoms. The summed E-state index contributed by atoms with van der Waals surface area (Å²) in [5.41, 5.74) is 7.41. The fraction of sp³-hybridized carbons (Fsp3) is 0. The average molecular weight is 229 g/mol. The van der Waals surface area contributed by atoms with E-state index in [4.69, 9.17) is 10.8 Å². The molecule has 84 valence electrons. The SMILES string of the molecule is Nc1c(C(=O)O)ccc2c1nnc1ccnn12. The monoisotopic (exact) mass is 229 g/mol. The molecule has 1 aromatic carbocycles. The summed E-state index contributed by atoms with van der Waals surface area (Å²) in [6.45, 7) is 0. The van der Waals surface area contributed by atoms with Gasteiger partial charge in [0.05, 0.1) is 23.0 Å². The van der Waals surface area contributed by atoms with Gasteiger partial charge < -0.3 is 10.8 Å². The van der Waals surface area contributed by atoms with Crippen molar-refractivity contribution >= 4 is 28.3 Å². The van der Waals surface area contributed by atoms with Crippen LogP contribution in [0.5, 0.6) is 0 Å². The first-order valence-corrected chi connectivity index (χ1v) is 4.80. The molecule has 2 heterocycles. The number of aromatic carboxylic acids is 1. The van der Waals surface area contributed by atoms with Crippen LogP contribution in [0.2, 0.25) is 0 Å². The number of aromatic nitrogens is 4. The van der Waals surface area contributed by atoms with Gasteiger partial charge in [-0.05, 0) is 12.1 Å². The lowest BCUT2D eigenvalue weighted by molar-refractivity contribution is 0.0698. The van der Waals surface area contributed by atoms with Crippen LogP contribution in [0.25, 0.3) is 16.7 Å². The summed E-state index contributed by atoms with van der Waals surface area (Å²) < 4.78 is 1.56. The number of anilines is 1. The number of carboxylic acid groups (broad SMARTS) is 1. The highest BCUT2D eigenvalue weighted by Crippen LogP contribution is 2.22. The number of fused-ring (bicyclic) bond motifs is 3. The van der Waals surface area contributed by atoms with Crippen molar-refractivity contribution in [1.82, 2.24) is 19.8 Å². The van der Waals surface area contributed by atoms with E-state index in [0.717, 1.165) is 0 Å². The van der Waals surface area contributed by atoms with E-state index in [2.05, 4.69) is 15.3 Å². The molecule has 0 aliphatic rings. The highest BCUT2D eigenvalue weighted by molar-refractivity contribution is 6.02. The van der Waals surface area contributed by atoms with Crippen LogP contribution in [0, 0.1) is 0 Å². The predicted molar refractivity (Wildman–Crippen MR) is 59.7 cm³/mol. The second kappa shape index (κ2) is 3.14. The van der Waals surface area contributed by atoms with Crippen molar-refractivity contribution < 1.29 is 9.90 Å². The number of benzene rings is 1. The largest absolute Gasteiger partial charge is 0.478 e. The smallest absolute Gasteiger partial charge is 0.337 e. The quantitative estimate of drug-likeness (QED) is 0.590. The molecule has 7 heteroatoms. The van der Waals surface area contributed by atoms with Crippen molar-refractivity contribution in [2.45, 2.75) is 0 Å². The van der Waals surface area contributed by atoms with E-state index in [-0.39, 0.29) is 11.3 Å². The highest BCUT2D eigenvalue weighted by Gasteiger charge is 2.14. The number of carbonyl (C=O) groups is 1. The van der Waals surface area contributed by atoms with Crippen molar-refractivity contribution in [2.75, 3.05) is 5.73 Å². The van der Waals surface area contributed by atoms with E-state index in [0.29, 0.717) is 16.7 Å². The molecule has 3 N–H and O–H groups in total. The second-order valence-electron chi connectivity index (χ2n) is 3.50. The Hall–Kier alpha value is -2.70. The van der Waals surface area contributed by atoms with Crippen LogP contribution in [0.15, 0.2) is 24.4 Å². The summed E-state index contributed by atoms with van der Waals surface area (Å²) >= 11 is 0. The Labute approximate surface area is 94.5 Å². The van der Waals surface area contributed by atoms with Gasteiger partial charge in [-0.15, -0.1) is 10.2 Å². The van der Waals surface area contributed by atoms with Crippen molar-refractivity contribution in [3.05, 3.63) is 30.0 Å². The number of nitrogen functional groups attached to an aromatic ring is 1. The van der Waals surface area contributed by atoms with Crippen molar-refractivity contribution in [3.63, 3.8) is 0 Å². The van der Waals surface area contributed by atoms with Gasteiger partial charge in [0, 0.05) is 6.07 Å². The zero-order chi connectivity index (χ0) is 12.0. The van der Waals surface area contributed by atoms with Crippen molar-refractivity contribution in [1.29, 1.82) is 0 Å². The standard InChI is InChI=1S/C10H7N5O2/c11-8-5(10(16)17)1-2-6-9(8)14-13-7-3-4-12-15(6)7/h1-4H,11H2,(H,16,17). The van der Waals surface area contributed by atoms with Gasteiger partial charge in [-0.3, -0.25) is 0 Å². The molecular formula is C10H7N5O2. The number of nitrogens with zero attached hydrogens (tertiary/aromatic N) is 4. The first-order chi connectivity index (χ1) is 8.18. The molecule has 0 aliphatic carbocycles. The summed E-state index contributed by atoms with van der Waals surface area (Å²) in [6, 6.07) is 4.75. The van der Waals surface area contributed by atoms with Crippen LogP contribution in [-0.4, -0.2) is 30.9 Å². The molecule has 0 saturated heterocycles. The summed E-state index contributed by atoms with van der Waals surface area (Å²) in [4.78, 5) is 10.9. The fourth-order valence-electron chi connectivity index (χ4n) is 1.72. The van der Waals surface area contributed by atoms with E-state index in [9.17, 15) is 4.79 Å². The van der Waals surface area contributed by atoms with E-state index < -0.39 is 5.97 Å². The summed E-state index contributed by atoms with van der Waals surface area (Å²) in [5.74, 6) is -1.09. The Morgan fingerprint density at radius 3 is 2.88 bits per heavy atom. The summed E-state index contributed by atoms with van der Waals surface area (Å²) in [6.07, 6.45) is 1.59. The van der Waals surface area contributed by atoms with Crippen molar-refractivity contribution in [2.24, 2.45) is 0 Å². The first kappa shape index (κ1) is 9.52. The molecule has 0 amide bonds. The molecular weight excluding hydrogens is 222 g/mol. The lowest BCUT2D eigenvalue weighted by Gasteiger charge is -2.05. The molecule has 3 aromatic rings. The van der Waals surface area contributed by atoms with E-state index >= 15 is 0 Å². The van der Waals surface area contributed by atoms with Gasteiger partial charge in [0.1, 0.15) is 5.52 Å². The van der Waals surface area contributed by atoms with E-state index in [1.807, 2.05) is 0 Å². The minimum atomic E-state index is -1.09. The maximum absolute atomic E-state index is 10.9. The Kier molecular flexibility index (Phi) is 1.76. The lowest BCUT2D eigenvalue weighted by Crippen LogP contribution is -2.06. The van der Waals surface area contributed by atoms with Gasteiger partial charge in [0.15, 0.2) is 5.65 Å². The molecule has 7 nitrogen and oxygen atoms in total. The van der Waals surface area contributed by atoms with E-state index in [1.54, 1.807) is 22.8 Å². The van der Waals surface area contributed by atoms with Gasteiger partial charge in [0.2, 0.25) is 0 Å². The Morgan fingerprint density at radius 1 is 1.29 bits per heavy atom. The van der Waals surface area contributed by atoms with Crippen LogP contribution in [0.3, 0.4) is 0 Å². The normalized spacial score (nSPS) is 11.1. The summed E-state index contributed by atoms with van der Waals surface area (Å²) in [7, 11) is 0. The molecule has 0 fully saturated rings. The second-order valence-corrected chi connectivity index (χ2v) is 3.50. The van der Waals surface area contributed by atoms with Crippen LogP contribution in [0.4, 0.5) is 5.69 Å². The molecule has 2 aromatic heterocycles. The van der Waals surface area contributed by atoms with E-state index in [1.165, 1.54) is 6.07 Å². The number of hydrogen-bond donors (Lipinski definition) is 2. The minimum absolute atomic E-state index is 0.0123.